The number of nitrogens with one attached hydrogen (secondary N) is 1. The molecule has 0 bridgehead atoms. The Balaban J connectivity index is 1.97. The van der Waals surface area contributed by atoms with E-state index in [9.17, 15) is 0 Å². The maximum atomic E-state index is 6.18. The highest BCUT2D eigenvalue weighted by Gasteiger charge is 2.06. The van der Waals surface area contributed by atoms with Crippen LogP contribution in [-0.2, 0) is 13.1 Å². The number of rotatable bonds is 5. The lowest BCUT2D eigenvalue weighted by Crippen LogP contribution is -2.14. The molecule has 0 aliphatic carbocycles. The molecule has 3 nitrogen and oxygen atoms in total. The van der Waals surface area contributed by atoms with Crippen LogP contribution >= 0.6 is 11.6 Å². The smallest absolute Gasteiger partial charge is 0.124 e. The van der Waals surface area contributed by atoms with Crippen LogP contribution in [0.1, 0.15) is 16.8 Å². The first-order valence-corrected chi connectivity index (χ1v) is 6.52. The number of aromatic nitrogens is 1. The molecule has 0 unspecified atom stereocenters. The van der Waals surface area contributed by atoms with Crippen LogP contribution in [0.3, 0.4) is 0 Å². The van der Waals surface area contributed by atoms with Gasteiger partial charge in [0.05, 0.1) is 12.8 Å². The molecule has 0 radical (unpaired) electrons. The summed E-state index contributed by atoms with van der Waals surface area (Å²) < 4.78 is 5.30. The minimum absolute atomic E-state index is 0.651. The molecule has 1 aromatic heterocycles. The molecule has 0 amide bonds. The summed E-state index contributed by atoms with van der Waals surface area (Å²) in [6.45, 7) is 3.38. The molecule has 2 rings (SSSR count). The minimum Gasteiger partial charge on any atom is -0.496 e. The van der Waals surface area contributed by atoms with Crippen molar-refractivity contribution in [3.05, 3.63) is 58.4 Å². The molecule has 100 valence electrons. The topological polar surface area (TPSA) is 34.1 Å². The van der Waals surface area contributed by atoms with Gasteiger partial charge in [0, 0.05) is 29.9 Å². The van der Waals surface area contributed by atoms with Crippen LogP contribution in [-0.4, -0.2) is 12.1 Å². The molecule has 0 fully saturated rings. The molecule has 0 aliphatic rings. The Morgan fingerprint density at radius 2 is 2.05 bits per heavy atom. The summed E-state index contributed by atoms with van der Waals surface area (Å²) in [7, 11) is 1.65. The molecule has 4 heteroatoms. The third kappa shape index (κ3) is 3.69. The minimum atomic E-state index is 0.651. The number of halogens is 1. The summed E-state index contributed by atoms with van der Waals surface area (Å²) in [5.41, 5.74) is 3.15. The zero-order valence-corrected chi connectivity index (χ0v) is 11.9. The Morgan fingerprint density at radius 3 is 2.74 bits per heavy atom. The summed E-state index contributed by atoms with van der Waals surface area (Å²) in [4.78, 5) is 4.35. The summed E-state index contributed by atoms with van der Waals surface area (Å²) in [6, 6.07) is 9.73. The maximum absolute atomic E-state index is 6.18. The number of hydrogen-bond donors (Lipinski definition) is 1. The lowest BCUT2D eigenvalue weighted by atomic mass is 10.2. The Kier molecular flexibility index (Phi) is 4.77. The van der Waals surface area contributed by atoms with Crippen molar-refractivity contribution in [3.8, 4) is 5.75 Å². The van der Waals surface area contributed by atoms with E-state index in [2.05, 4.69) is 16.4 Å². The van der Waals surface area contributed by atoms with Crippen LogP contribution in [0.15, 0.2) is 36.5 Å². The first-order valence-electron chi connectivity index (χ1n) is 6.14. The molecule has 1 N–H and O–H groups in total. The van der Waals surface area contributed by atoms with Crippen molar-refractivity contribution in [1.29, 1.82) is 0 Å². The highest BCUT2D eigenvalue weighted by molar-refractivity contribution is 6.31. The molecular weight excluding hydrogens is 260 g/mol. The van der Waals surface area contributed by atoms with Crippen LogP contribution in [0, 0.1) is 6.92 Å². The van der Waals surface area contributed by atoms with Gasteiger partial charge in [-0.05, 0) is 30.7 Å². The number of benzene rings is 1. The lowest BCUT2D eigenvalue weighted by Gasteiger charge is -2.11. The Morgan fingerprint density at radius 1 is 1.21 bits per heavy atom. The third-order valence-corrected chi connectivity index (χ3v) is 3.23. The average Bonchev–Trinajstić information content (AvgIpc) is 2.42. The highest BCUT2D eigenvalue weighted by atomic mass is 35.5. The maximum Gasteiger partial charge on any atom is 0.124 e. The predicted molar refractivity (Wildman–Crippen MR) is 77.5 cm³/mol. The van der Waals surface area contributed by atoms with E-state index in [-0.39, 0.29) is 0 Å². The lowest BCUT2D eigenvalue weighted by molar-refractivity contribution is 0.407. The SMILES string of the molecule is COc1cccc(Cl)c1CNCc1ccc(C)cn1. The molecule has 0 saturated carbocycles. The van der Waals surface area contributed by atoms with Gasteiger partial charge in [-0.15, -0.1) is 0 Å². The highest BCUT2D eigenvalue weighted by Crippen LogP contribution is 2.25. The fourth-order valence-electron chi connectivity index (χ4n) is 1.82. The van der Waals surface area contributed by atoms with Gasteiger partial charge >= 0.3 is 0 Å². The van der Waals surface area contributed by atoms with Gasteiger partial charge in [0.15, 0.2) is 0 Å². The summed E-state index contributed by atoms with van der Waals surface area (Å²) in [6.07, 6.45) is 1.87. The van der Waals surface area contributed by atoms with Crippen molar-refractivity contribution in [1.82, 2.24) is 10.3 Å². The van der Waals surface area contributed by atoms with E-state index < -0.39 is 0 Å². The Hall–Kier alpha value is -1.58. The molecular formula is C15H17ClN2O. The van der Waals surface area contributed by atoms with Crippen molar-refractivity contribution >= 4 is 11.6 Å². The molecule has 0 aliphatic heterocycles. The Labute approximate surface area is 118 Å². The molecule has 0 atom stereocenters. The predicted octanol–water partition coefficient (Wildman–Crippen LogP) is 3.34. The van der Waals surface area contributed by atoms with Crippen molar-refractivity contribution < 1.29 is 4.74 Å². The fraction of sp³-hybridized carbons (Fsp3) is 0.267. The van der Waals surface area contributed by atoms with Crippen molar-refractivity contribution in [2.45, 2.75) is 20.0 Å². The molecule has 1 aromatic carbocycles. The Bertz CT molecular complexity index is 540. The van der Waals surface area contributed by atoms with Crippen molar-refractivity contribution in [2.75, 3.05) is 7.11 Å². The first-order chi connectivity index (χ1) is 9.20. The van der Waals surface area contributed by atoms with Gasteiger partial charge < -0.3 is 10.1 Å². The summed E-state index contributed by atoms with van der Waals surface area (Å²) in [5.74, 6) is 0.803. The van der Waals surface area contributed by atoms with Crippen LogP contribution in [0.25, 0.3) is 0 Å². The van der Waals surface area contributed by atoms with E-state index in [4.69, 9.17) is 16.3 Å². The first kappa shape index (κ1) is 13.8. The molecule has 0 saturated heterocycles. The second-order valence-corrected chi connectivity index (χ2v) is 4.76. The molecule has 2 aromatic rings. The number of pyridine rings is 1. The van der Waals surface area contributed by atoms with E-state index in [1.54, 1.807) is 7.11 Å². The van der Waals surface area contributed by atoms with E-state index >= 15 is 0 Å². The number of ether oxygens (including phenoxy) is 1. The van der Waals surface area contributed by atoms with Gasteiger partial charge in [0.1, 0.15) is 5.75 Å². The normalized spacial score (nSPS) is 10.5. The molecule has 0 spiro atoms. The van der Waals surface area contributed by atoms with E-state index in [0.29, 0.717) is 18.1 Å². The zero-order valence-electron chi connectivity index (χ0n) is 11.1. The standard InChI is InChI=1S/C15H17ClN2O/c1-11-6-7-12(18-8-11)9-17-10-13-14(16)4-3-5-15(13)19-2/h3-8,17H,9-10H2,1-2H3. The van der Waals surface area contributed by atoms with Gasteiger partial charge in [0.2, 0.25) is 0 Å². The molecule has 1 heterocycles. The van der Waals surface area contributed by atoms with Crippen molar-refractivity contribution in [3.63, 3.8) is 0 Å². The van der Waals surface area contributed by atoms with E-state index in [0.717, 1.165) is 22.6 Å². The number of aryl methyl sites for hydroxylation is 1. The second kappa shape index (κ2) is 6.55. The number of methoxy groups -OCH3 is 1. The van der Waals surface area contributed by atoms with Gasteiger partial charge in [0.25, 0.3) is 0 Å². The van der Waals surface area contributed by atoms with Crippen molar-refractivity contribution in [2.24, 2.45) is 0 Å². The van der Waals surface area contributed by atoms with Gasteiger partial charge in [-0.2, -0.15) is 0 Å². The monoisotopic (exact) mass is 276 g/mol. The summed E-state index contributed by atoms with van der Waals surface area (Å²) >= 11 is 6.18. The second-order valence-electron chi connectivity index (χ2n) is 4.35. The third-order valence-electron chi connectivity index (χ3n) is 2.88. The number of hydrogen-bond acceptors (Lipinski definition) is 3. The van der Waals surface area contributed by atoms with Gasteiger partial charge in [-0.25, -0.2) is 0 Å². The quantitative estimate of drug-likeness (QED) is 0.909. The average molecular weight is 277 g/mol. The van der Waals surface area contributed by atoms with Crippen LogP contribution in [0.5, 0.6) is 5.75 Å². The largest absolute Gasteiger partial charge is 0.496 e. The van der Waals surface area contributed by atoms with Gasteiger partial charge in [-0.1, -0.05) is 23.7 Å². The van der Waals surface area contributed by atoms with Crippen LogP contribution < -0.4 is 10.1 Å². The van der Waals surface area contributed by atoms with Crippen LogP contribution in [0.2, 0.25) is 5.02 Å². The van der Waals surface area contributed by atoms with Crippen LogP contribution in [0.4, 0.5) is 0 Å². The fourth-order valence-corrected chi connectivity index (χ4v) is 2.05. The van der Waals surface area contributed by atoms with E-state index in [1.165, 1.54) is 0 Å². The molecule has 19 heavy (non-hydrogen) atoms. The summed E-state index contributed by atoms with van der Waals surface area (Å²) in [5, 5.41) is 4.04. The zero-order chi connectivity index (χ0) is 13.7. The van der Waals surface area contributed by atoms with E-state index in [1.807, 2.05) is 37.4 Å². The number of nitrogens with zero attached hydrogens (tertiary/aromatic N) is 1. The van der Waals surface area contributed by atoms with Gasteiger partial charge in [-0.3, -0.25) is 4.98 Å².